The van der Waals surface area contributed by atoms with Crippen molar-refractivity contribution in [1.29, 1.82) is 0 Å². The normalized spacial score (nSPS) is 16.7. The summed E-state index contributed by atoms with van der Waals surface area (Å²) in [5.74, 6) is 0.106. The molecule has 5 nitrogen and oxygen atoms in total. The van der Waals surface area contributed by atoms with Crippen molar-refractivity contribution in [3.05, 3.63) is 11.6 Å². The molecule has 0 bridgehead atoms. The molecule has 1 atom stereocenters. The first-order valence-electron chi connectivity index (χ1n) is 6.35. The van der Waals surface area contributed by atoms with Crippen LogP contribution in [0.4, 0.5) is 5.13 Å². The Morgan fingerprint density at radius 2 is 2.15 bits per heavy atom. The summed E-state index contributed by atoms with van der Waals surface area (Å²) < 4.78 is 0. The molecule has 2 N–H and O–H groups in total. The molecule has 116 valence electrons. The topological polar surface area (TPSA) is 62.5 Å². The lowest BCUT2D eigenvalue weighted by Crippen LogP contribution is -2.40. The van der Waals surface area contributed by atoms with Crippen LogP contribution in [0.1, 0.15) is 13.3 Å². The molecule has 8 heteroatoms. The number of rotatable bonds is 3. The average Bonchev–Trinajstić information content (AvgIpc) is 2.82. The first kappa shape index (κ1) is 19.4. The predicted molar refractivity (Wildman–Crippen MR) is 88.2 cm³/mol. The highest BCUT2D eigenvalue weighted by molar-refractivity contribution is 7.13. The molecule has 1 amide bonds. The molecule has 0 spiro atoms. The van der Waals surface area contributed by atoms with Gasteiger partial charge in [0.25, 0.3) is 0 Å². The minimum Gasteiger partial charge on any atom is -0.346 e. The molecular formula is C12H22Cl2N4OS. The number of anilines is 1. The number of halogens is 2. The second kappa shape index (κ2) is 9.39. The molecule has 1 aliphatic rings. The van der Waals surface area contributed by atoms with Gasteiger partial charge < -0.3 is 15.5 Å². The van der Waals surface area contributed by atoms with E-state index in [4.69, 9.17) is 5.73 Å². The lowest BCUT2D eigenvalue weighted by molar-refractivity contribution is -0.134. The Balaban J connectivity index is 0.00000180. The maximum Gasteiger partial charge on any atom is 0.226 e. The number of carbonyl (C=O) groups excluding carboxylic acids is 1. The molecule has 2 heterocycles. The fraction of sp³-hybridized carbons (Fsp3) is 0.667. The van der Waals surface area contributed by atoms with Crippen LogP contribution in [0.5, 0.6) is 0 Å². The zero-order chi connectivity index (χ0) is 13.0. The van der Waals surface area contributed by atoms with E-state index in [2.05, 4.69) is 9.88 Å². The van der Waals surface area contributed by atoms with Crippen LogP contribution in [-0.2, 0) is 4.79 Å². The van der Waals surface area contributed by atoms with Gasteiger partial charge in [0, 0.05) is 50.2 Å². The van der Waals surface area contributed by atoms with Crippen molar-refractivity contribution >= 4 is 47.2 Å². The minimum absolute atomic E-state index is 0. The molecule has 1 unspecified atom stereocenters. The monoisotopic (exact) mass is 340 g/mol. The number of hydrogen-bond acceptors (Lipinski definition) is 5. The molecule has 1 aliphatic heterocycles. The van der Waals surface area contributed by atoms with Crippen LogP contribution in [0, 0.1) is 5.92 Å². The fourth-order valence-corrected chi connectivity index (χ4v) is 2.81. The molecule has 2 rings (SSSR count). The number of hydrogen-bond donors (Lipinski definition) is 1. The molecule has 1 aromatic heterocycles. The SMILES string of the molecule is CC(CN)C(=O)N1CCCN(c2nccs2)CC1.Cl.Cl. The van der Waals surface area contributed by atoms with Gasteiger partial charge in [-0.05, 0) is 6.42 Å². The maximum absolute atomic E-state index is 12.1. The average molecular weight is 341 g/mol. The van der Waals surface area contributed by atoms with Gasteiger partial charge in [0.15, 0.2) is 5.13 Å². The van der Waals surface area contributed by atoms with Crippen molar-refractivity contribution in [2.24, 2.45) is 11.7 Å². The van der Waals surface area contributed by atoms with E-state index in [0.717, 1.165) is 37.7 Å². The van der Waals surface area contributed by atoms with Crippen LogP contribution >= 0.6 is 36.2 Å². The van der Waals surface area contributed by atoms with Crippen LogP contribution < -0.4 is 10.6 Å². The summed E-state index contributed by atoms with van der Waals surface area (Å²) in [5.41, 5.74) is 5.56. The Labute approximate surface area is 136 Å². The van der Waals surface area contributed by atoms with Crippen LogP contribution in [-0.4, -0.2) is 48.5 Å². The van der Waals surface area contributed by atoms with E-state index in [0.29, 0.717) is 6.54 Å². The van der Waals surface area contributed by atoms with Gasteiger partial charge >= 0.3 is 0 Å². The number of thiazole rings is 1. The Bertz CT molecular complexity index is 391. The summed E-state index contributed by atoms with van der Waals surface area (Å²) in [6.45, 7) is 5.73. The summed E-state index contributed by atoms with van der Waals surface area (Å²) in [4.78, 5) is 20.6. The number of amides is 1. The van der Waals surface area contributed by atoms with Crippen molar-refractivity contribution in [2.75, 3.05) is 37.6 Å². The van der Waals surface area contributed by atoms with Crippen molar-refractivity contribution in [1.82, 2.24) is 9.88 Å². The van der Waals surface area contributed by atoms with E-state index in [1.165, 1.54) is 0 Å². The van der Waals surface area contributed by atoms with Gasteiger partial charge in [-0.15, -0.1) is 36.2 Å². The van der Waals surface area contributed by atoms with E-state index in [1.54, 1.807) is 11.3 Å². The van der Waals surface area contributed by atoms with Gasteiger partial charge in [-0.25, -0.2) is 4.98 Å². The molecule has 1 saturated heterocycles. The number of nitrogens with two attached hydrogens (primary N) is 1. The summed E-state index contributed by atoms with van der Waals surface area (Å²) in [6.07, 6.45) is 2.81. The molecule has 1 aromatic rings. The van der Waals surface area contributed by atoms with E-state index in [1.807, 2.05) is 23.4 Å². The van der Waals surface area contributed by atoms with Crippen molar-refractivity contribution in [3.63, 3.8) is 0 Å². The highest BCUT2D eigenvalue weighted by atomic mass is 35.5. The van der Waals surface area contributed by atoms with E-state index in [-0.39, 0.29) is 36.6 Å². The van der Waals surface area contributed by atoms with Crippen molar-refractivity contribution < 1.29 is 4.79 Å². The van der Waals surface area contributed by atoms with E-state index < -0.39 is 0 Å². The van der Waals surface area contributed by atoms with Crippen LogP contribution in [0.15, 0.2) is 11.6 Å². The van der Waals surface area contributed by atoms with Crippen LogP contribution in [0.2, 0.25) is 0 Å². The predicted octanol–water partition coefficient (Wildman–Crippen LogP) is 1.62. The van der Waals surface area contributed by atoms with Gasteiger partial charge in [0.1, 0.15) is 0 Å². The largest absolute Gasteiger partial charge is 0.346 e. The van der Waals surface area contributed by atoms with E-state index >= 15 is 0 Å². The first-order valence-corrected chi connectivity index (χ1v) is 7.23. The van der Waals surface area contributed by atoms with Gasteiger partial charge in [-0.1, -0.05) is 6.92 Å². The molecule has 1 fully saturated rings. The first-order chi connectivity index (χ1) is 8.72. The van der Waals surface area contributed by atoms with Crippen molar-refractivity contribution in [3.8, 4) is 0 Å². The van der Waals surface area contributed by atoms with Gasteiger partial charge in [0.05, 0.1) is 0 Å². The summed E-state index contributed by atoms with van der Waals surface area (Å²) in [6, 6.07) is 0. The number of nitrogens with zero attached hydrogens (tertiary/aromatic N) is 3. The smallest absolute Gasteiger partial charge is 0.226 e. The third kappa shape index (κ3) is 4.77. The Morgan fingerprint density at radius 1 is 1.40 bits per heavy atom. The molecule has 0 saturated carbocycles. The number of aromatic nitrogens is 1. The molecular weight excluding hydrogens is 319 g/mol. The summed E-state index contributed by atoms with van der Waals surface area (Å²) in [5, 5.41) is 3.04. The second-order valence-electron chi connectivity index (χ2n) is 4.62. The number of carbonyl (C=O) groups is 1. The van der Waals surface area contributed by atoms with E-state index in [9.17, 15) is 4.79 Å². The third-order valence-electron chi connectivity index (χ3n) is 3.27. The van der Waals surface area contributed by atoms with Gasteiger partial charge in [-0.3, -0.25) is 4.79 Å². The maximum atomic E-state index is 12.1. The van der Waals surface area contributed by atoms with Gasteiger partial charge in [0.2, 0.25) is 5.91 Å². The third-order valence-corrected chi connectivity index (χ3v) is 4.10. The van der Waals surface area contributed by atoms with Crippen LogP contribution in [0.25, 0.3) is 0 Å². The summed E-state index contributed by atoms with van der Waals surface area (Å²) in [7, 11) is 0. The van der Waals surface area contributed by atoms with Crippen molar-refractivity contribution in [2.45, 2.75) is 13.3 Å². The van der Waals surface area contributed by atoms with Crippen LogP contribution in [0.3, 0.4) is 0 Å². The Kier molecular flexibility index (Phi) is 9.13. The Morgan fingerprint density at radius 3 is 2.75 bits per heavy atom. The molecule has 0 aromatic carbocycles. The highest BCUT2D eigenvalue weighted by Gasteiger charge is 2.23. The zero-order valence-corrected chi connectivity index (χ0v) is 14.0. The quantitative estimate of drug-likeness (QED) is 0.908. The lowest BCUT2D eigenvalue weighted by Gasteiger charge is -2.24. The molecule has 20 heavy (non-hydrogen) atoms. The Hall–Kier alpha value is -0.560. The zero-order valence-electron chi connectivity index (χ0n) is 11.5. The second-order valence-corrected chi connectivity index (χ2v) is 5.49. The fourth-order valence-electron chi connectivity index (χ4n) is 2.11. The standard InChI is InChI=1S/C12H20N4OS.2ClH/c1-10(9-13)11(17)15-4-2-5-16(7-6-15)12-14-3-8-18-12;;/h3,8,10H,2,4-7,9,13H2,1H3;2*1H. The molecule has 0 radical (unpaired) electrons. The highest BCUT2D eigenvalue weighted by Crippen LogP contribution is 2.19. The minimum atomic E-state index is -0.0728. The summed E-state index contributed by atoms with van der Waals surface area (Å²) >= 11 is 1.65. The van der Waals surface area contributed by atoms with Gasteiger partial charge in [-0.2, -0.15) is 0 Å². The lowest BCUT2D eigenvalue weighted by atomic mass is 10.1. The molecule has 0 aliphatic carbocycles.